The van der Waals surface area contributed by atoms with Crippen LogP contribution in [-0.2, 0) is 9.53 Å². The molecule has 0 aliphatic heterocycles. The van der Waals surface area contributed by atoms with Crippen molar-refractivity contribution in [2.24, 2.45) is 5.73 Å². The number of nitrogens with two attached hydrogens (primary N) is 1. The third kappa shape index (κ3) is 3.66. The maximum absolute atomic E-state index is 11.7. The highest BCUT2D eigenvalue weighted by Crippen LogP contribution is 2.13. The first-order chi connectivity index (χ1) is 7.65. The van der Waals surface area contributed by atoms with Gasteiger partial charge in [0.2, 0.25) is 0 Å². The van der Waals surface area contributed by atoms with Crippen LogP contribution in [0, 0.1) is 0 Å². The second-order valence-electron chi connectivity index (χ2n) is 3.92. The second-order valence-corrected chi connectivity index (χ2v) is 3.92. The Morgan fingerprint density at radius 2 is 2.00 bits per heavy atom. The lowest BCUT2D eigenvalue weighted by atomic mass is 10.1. The fraction of sp³-hybridized carbons (Fsp3) is 0.462. The molecular formula is C13H19NO2. The molecule has 0 bridgehead atoms. The summed E-state index contributed by atoms with van der Waals surface area (Å²) in [6.45, 7) is 3.95. The average molecular weight is 221 g/mol. The quantitative estimate of drug-likeness (QED) is 0.777. The van der Waals surface area contributed by atoms with Gasteiger partial charge in [-0.3, -0.25) is 0 Å². The summed E-state index contributed by atoms with van der Waals surface area (Å²) in [5.41, 5.74) is 6.60. The molecule has 0 spiro atoms. The molecule has 88 valence electrons. The van der Waals surface area contributed by atoms with Crippen molar-refractivity contribution in [3.05, 3.63) is 35.9 Å². The molecule has 0 amide bonds. The summed E-state index contributed by atoms with van der Waals surface area (Å²) in [4.78, 5) is 11.7. The summed E-state index contributed by atoms with van der Waals surface area (Å²) in [5, 5.41) is 0. The van der Waals surface area contributed by atoms with Crippen LogP contribution in [0.1, 0.15) is 38.3 Å². The minimum atomic E-state index is -0.680. The molecule has 16 heavy (non-hydrogen) atoms. The summed E-state index contributed by atoms with van der Waals surface area (Å²) in [7, 11) is 0. The third-order valence-electron chi connectivity index (χ3n) is 2.43. The Bertz CT molecular complexity index is 324. The van der Waals surface area contributed by atoms with Crippen molar-refractivity contribution < 1.29 is 9.53 Å². The van der Waals surface area contributed by atoms with Crippen molar-refractivity contribution in [1.29, 1.82) is 0 Å². The SMILES string of the molecule is CCCC(C)OC(=O)[C@H](N)c1ccccc1. The van der Waals surface area contributed by atoms with E-state index >= 15 is 0 Å². The zero-order chi connectivity index (χ0) is 12.0. The molecule has 0 saturated carbocycles. The Balaban J connectivity index is 2.55. The number of carbonyl (C=O) groups is 1. The van der Waals surface area contributed by atoms with E-state index in [1.54, 1.807) is 0 Å². The van der Waals surface area contributed by atoms with E-state index in [9.17, 15) is 4.79 Å². The number of hydrogen-bond donors (Lipinski definition) is 1. The minimum Gasteiger partial charge on any atom is -0.461 e. The molecule has 0 radical (unpaired) electrons. The van der Waals surface area contributed by atoms with Crippen LogP contribution in [-0.4, -0.2) is 12.1 Å². The Labute approximate surface area is 96.6 Å². The van der Waals surface area contributed by atoms with Gasteiger partial charge in [-0.05, 0) is 18.9 Å². The molecule has 0 heterocycles. The van der Waals surface area contributed by atoms with E-state index in [1.165, 1.54) is 0 Å². The standard InChI is InChI=1S/C13H19NO2/c1-3-7-10(2)16-13(15)12(14)11-8-5-4-6-9-11/h4-6,8-10,12H,3,7,14H2,1-2H3/t10?,12-/m1/s1. The molecule has 0 fully saturated rings. The Morgan fingerprint density at radius 3 is 2.56 bits per heavy atom. The smallest absolute Gasteiger partial charge is 0.327 e. The fourth-order valence-electron chi connectivity index (χ4n) is 1.53. The zero-order valence-corrected chi connectivity index (χ0v) is 9.85. The molecule has 2 atom stereocenters. The van der Waals surface area contributed by atoms with Gasteiger partial charge in [0.25, 0.3) is 0 Å². The van der Waals surface area contributed by atoms with Crippen LogP contribution in [0.5, 0.6) is 0 Å². The molecule has 2 N–H and O–H groups in total. The molecule has 0 saturated heterocycles. The molecule has 3 nitrogen and oxygen atoms in total. The molecule has 0 aromatic heterocycles. The molecule has 3 heteroatoms. The van der Waals surface area contributed by atoms with Gasteiger partial charge in [-0.1, -0.05) is 43.7 Å². The number of benzene rings is 1. The van der Waals surface area contributed by atoms with Crippen molar-refractivity contribution in [3.63, 3.8) is 0 Å². The number of hydrogen-bond acceptors (Lipinski definition) is 3. The summed E-state index contributed by atoms with van der Waals surface area (Å²) >= 11 is 0. The van der Waals surface area contributed by atoms with Gasteiger partial charge in [-0.2, -0.15) is 0 Å². The predicted molar refractivity (Wildman–Crippen MR) is 63.8 cm³/mol. The molecule has 1 unspecified atom stereocenters. The van der Waals surface area contributed by atoms with Crippen LogP contribution in [0.3, 0.4) is 0 Å². The predicted octanol–water partition coefficient (Wildman–Crippen LogP) is 2.42. The maximum Gasteiger partial charge on any atom is 0.327 e. The molecule has 0 aliphatic carbocycles. The van der Waals surface area contributed by atoms with Gasteiger partial charge in [0.15, 0.2) is 0 Å². The maximum atomic E-state index is 11.7. The van der Waals surface area contributed by atoms with Crippen molar-refractivity contribution in [2.75, 3.05) is 0 Å². The lowest BCUT2D eigenvalue weighted by Crippen LogP contribution is -2.26. The Morgan fingerprint density at radius 1 is 1.38 bits per heavy atom. The van der Waals surface area contributed by atoms with Crippen LogP contribution < -0.4 is 5.73 Å². The molecule has 1 rings (SSSR count). The van der Waals surface area contributed by atoms with E-state index in [0.717, 1.165) is 18.4 Å². The normalized spacial score (nSPS) is 14.2. The minimum absolute atomic E-state index is 0.0627. The number of carbonyl (C=O) groups excluding carboxylic acids is 1. The number of ether oxygens (including phenoxy) is 1. The van der Waals surface area contributed by atoms with Gasteiger partial charge in [0.05, 0.1) is 6.10 Å². The van der Waals surface area contributed by atoms with Gasteiger partial charge in [0.1, 0.15) is 6.04 Å². The number of esters is 1. The first-order valence-electron chi connectivity index (χ1n) is 5.66. The first kappa shape index (κ1) is 12.7. The van der Waals surface area contributed by atoms with E-state index in [4.69, 9.17) is 10.5 Å². The number of rotatable bonds is 5. The van der Waals surface area contributed by atoms with Crippen molar-refractivity contribution in [1.82, 2.24) is 0 Å². The van der Waals surface area contributed by atoms with E-state index in [2.05, 4.69) is 6.92 Å². The van der Waals surface area contributed by atoms with Crippen LogP contribution in [0.15, 0.2) is 30.3 Å². The fourth-order valence-corrected chi connectivity index (χ4v) is 1.53. The van der Waals surface area contributed by atoms with Gasteiger partial charge in [-0.25, -0.2) is 4.79 Å². The van der Waals surface area contributed by atoms with Gasteiger partial charge in [-0.15, -0.1) is 0 Å². The van der Waals surface area contributed by atoms with Crippen LogP contribution in [0.4, 0.5) is 0 Å². The van der Waals surface area contributed by atoms with Crippen LogP contribution in [0.2, 0.25) is 0 Å². The van der Waals surface area contributed by atoms with Crippen molar-refractivity contribution >= 4 is 5.97 Å². The van der Waals surface area contributed by atoms with E-state index in [1.807, 2.05) is 37.3 Å². The largest absolute Gasteiger partial charge is 0.461 e. The Kier molecular flexibility index (Phi) is 4.99. The molecule has 0 aliphatic rings. The average Bonchev–Trinajstić information content (AvgIpc) is 2.29. The van der Waals surface area contributed by atoms with Gasteiger partial charge in [0, 0.05) is 0 Å². The van der Waals surface area contributed by atoms with E-state index in [0.29, 0.717) is 0 Å². The van der Waals surface area contributed by atoms with E-state index < -0.39 is 6.04 Å². The summed E-state index contributed by atoms with van der Waals surface area (Å²) in [5.74, 6) is -0.354. The summed E-state index contributed by atoms with van der Waals surface area (Å²) in [6, 6.07) is 8.59. The highest BCUT2D eigenvalue weighted by molar-refractivity contribution is 5.77. The Hall–Kier alpha value is -1.35. The van der Waals surface area contributed by atoms with Crippen LogP contribution >= 0.6 is 0 Å². The second kappa shape index (κ2) is 6.28. The summed E-state index contributed by atoms with van der Waals surface area (Å²) < 4.78 is 5.24. The zero-order valence-electron chi connectivity index (χ0n) is 9.85. The topological polar surface area (TPSA) is 52.3 Å². The summed E-state index contributed by atoms with van der Waals surface area (Å²) in [6.07, 6.45) is 1.80. The molecule has 1 aromatic rings. The van der Waals surface area contributed by atoms with Gasteiger partial charge < -0.3 is 10.5 Å². The highest BCUT2D eigenvalue weighted by atomic mass is 16.5. The highest BCUT2D eigenvalue weighted by Gasteiger charge is 2.18. The van der Waals surface area contributed by atoms with Crippen molar-refractivity contribution in [2.45, 2.75) is 38.8 Å². The lowest BCUT2D eigenvalue weighted by Gasteiger charge is -2.16. The lowest BCUT2D eigenvalue weighted by molar-refractivity contribution is -0.150. The van der Waals surface area contributed by atoms with E-state index in [-0.39, 0.29) is 12.1 Å². The third-order valence-corrected chi connectivity index (χ3v) is 2.43. The van der Waals surface area contributed by atoms with Crippen LogP contribution in [0.25, 0.3) is 0 Å². The molecule has 1 aromatic carbocycles. The van der Waals surface area contributed by atoms with Gasteiger partial charge >= 0.3 is 5.97 Å². The first-order valence-corrected chi connectivity index (χ1v) is 5.66. The van der Waals surface area contributed by atoms with Crippen molar-refractivity contribution in [3.8, 4) is 0 Å². The molecular weight excluding hydrogens is 202 g/mol. The monoisotopic (exact) mass is 221 g/mol.